The van der Waals surface area contributed by atoms with Gasteiger partial charge in [0, 0.05) is 49.0 Å². The van der Waals surface area contributed by atoms with Gasteiger partial charge in [0.15, 0.2) is 8.07 Å². The first-order valence-corrected chi connectivity index (χ1v) is 21.4. The number of benzene rings is 6. The van der Waals surface area contributed by atoms with Crippen LogP contribution < -0.4 is 30.2 Å². The second-order valence-electron chi connectivity index (χ2n) is 13.8. The molecule has 8 aromatic rings. The van der Waals surface area contributed by atoms with Crippen LogP contribution in [0.15, 0.2) is 178 Å². The standard InChI is InChI=1S/C45H26N4O2S2Si/c1-3-11-33-29(9-1)45(30-10-2-4-12-34(30)51-43-32(45)23-46-25-48-43)31-21-27(17-19-35(31)50-33)28-18-20-38-41(22-28)54(39-15-7-5-13-36(39)52-38)40-16-8-6-14-37(40)53-44-42(54)24-47-26-49-44/h1-26H. The van der Waals surface area contributed by atoms with E-state index in [1.54, 1.807) is 24.4 Å². The van der Waals surface area contributed by atoms with Crippen molar-refractivity contribution in [3.8, 4) is 34.3 Å². The molecule has 0 radical (unpaired) electrons. The Hall–Kier alpha value is -6.00. The van der Waals surface area contributed by atoms with E-state index < -0.39 is 13.5 Å². The molecule has 54 heavy (non-hydrogen) atoms. The number of ether oxygens (including phenoxy) is 2. The van der Waals surface area contributed by atoms with Gasteiger partial charge in [-0.05, 0) is 69.2 Å². The SMILES string of the molecule is c1ccc2c(c1)Oc1ccc(-c3ccc4c(c3)[Si]3(c5ccccc5S4)c4ccccc4Sc4ncncc43)cc1C21c2ccccc2Oc2ncncc21. The molecule has 0 saturated heterocycles. The normalized spacial score (nSPS) is 19.0. The van der Waals surface area contributed by atoms with Crippen LogP contribution in [0.2, 0.25) is 0 Å². The molecule has 2 aromatic heterocycles. The fourth-order valence-electron chi connectivity index (χ4n) is 9.15. The molecular weight excluding hydrogens is 721 g/mol. The Bertz CT molecular complexity index is 2500. The van der Waals surface area contributed by atoms with E-state index in [9.17, 15) is 0 Å². The predicted molar refractivity (Wildman–Crippen MR) is 213 cm³/mol. The summed E-state index contributed by atoms with van der Waals surface area (Å²) in [4.78, 5) is 22.6. The number of nitrogens with zero attached hydrogens (tertiary/aromatic N) is 4. The average Bonchev–Trinajstić information content (AvgIpc) is 3.23. The quantitative estimate of drug-likeness (QED) is 0.124. The van der Waals surface area contributed by atoms with Gasteiger partial charge >= 0.3 is 0 Å². The molecular formula is C45H26N4O2S2Si. The van der Waals surface area contributed by atoms with Gasteiger partial charge in [-0.2, -0.15) is 0 Å². The number of fused-ring (bicyclic) bond motifs is 16. The summed E-state index contributed by atoms with van der Waals surface area (Å²) in [5.74, 6) is 2.91. The Morgan fingerprint density at radius 2 is 1.07 bits per heavy atom. The molecule has 6 aromatic carbocycles. The first-order chi connectivity index (χ1) is 26.7. The van der Waals surface area contributed by atoms with E-state index in [1.165, 1.54) is 35.4 Å². The second kappa shape index (κ2) is 11.3. The summed E-state index contributed by atoms with van der Waals surface area (Å²) in [5.41, 5.74) is 5.41. The third kappa shape index (κ3) is 3.93. The Labute approximate surface area is 320 Å². The van der Waals surface area contributed by atoms with Gasteiger partial charge in [0.1, 0.15) is 34.9 Å². The van der Waals surface area contributed by atoms with Crippen molar-refractivity contribution in [3.05, 3.63) is 181 Å². The molecule has 0 saturated carbocycles. The lowest BCUT2D eigenvalue weighted by Gasteiger charge is -2.44. The van der Waals surface area contributed by atoms with Gasteiger partial charge in [-0.1, -0.05) is 115 Å². The maximum absolute atomic E-state index is 6.73. The van der Waals surface area contributed by atoms with Crippen molar-refractivity contribution in [3.63, 3.8) is 0 Å². The summed E-state index contributed by atoms with van der Waals surface area (Å²) in [6.07, 6.45) is 7.22. The Kier molecular flexibility index (Phi) is 6.35. The fourth-order valence-corrected chi connectivity index (χ4v) is 18.1. The van der Waals surface area contributed by atoms with Crippen LogP contribution in [0.4, 0.5) is 0 Å². The number of rotatable bonds is 1. The van der Waals surface area contributed by atoms with E-state index in [1.807, 2.05) is 42.2 Å². The van der Waals surface area contributed by atoms with Gasteiger partial charge in [0.2, 0.25) is 5.88 Å². The Morgan fingerprint density at radius 1 is 0.463 bits per heavy atom. The molecule has 12 rings (SSSR count). The van der Waals surface area contributed by atoms with E-state index >= 15 is 0 Å². The lowest BCUT2D eigenvalue weighted by molar-refractivity contribution is 0.388. The van der Waals surface area contributed by atoms with E-state index in [0.717, 1.165) is 55.7 Å². The lowest BCUT2D eigenvalue weighted by Crippen LogP contribution is -2.78. The van der Waals surface area contributed by atoms with Crippen LogP contribution >= 0.6 is 23.5 Å². The highest BCUT2D eigenvalue weighted by Crippen LogP contribution is 2.61. The van der Waals surface area contributed by atoms with Crippen molar-refractivity contribution in [2.24, 2.45) is 0 Å². The highest BCUT2D eigenvalue weighted by Gasteiger charge is 2.53. The molecule has 6 heterocycles. The molecule has 2 spiro atoms. The fraction of sp³-hybridized carbons (Fsp3) is 0.0222. The molecule has 0 amide bonds. The molecule has 0 fully saturated rings. The maximum atomic E-state index is 6.73. The van der Waals surface area contributed by atoms with Crippen LogP contribution in [0.1, 0.15) is 22.3 Å². The monoisotopic (exact) mass is 746 g/mol. The number of para-hydroxylation sites is 2. The van der Waals surface area contributed by atoms with Crippen LogP contribution in [-0.4, -0.2) is 28.0 Å². The summed E-state index contributed by atoms with van der Waals surface area (Å²) < 4.78 is 13.2. The molecule has 6 nitrogen and oxygen atoms in total. The summed E-state index contributed by atoms with van der Waals surface area (Å²) in [6, 6.07) is 48.1. The summed E-state index contributed by atoms with van der Waals surface area (Å²) >= 11 is 3.61. The molecule has 0 bridgehead atoms. The van der Waals surface area contributed by atoms with Crippen molar-refractivity contribution in [1.29, 1.82) is 0 Å². The van der Waals surface area contributed by atoms with E-state index in [2.05, 4.69) is 130 Å². The molecule has 4 aliphatic rings. The highest BCUT2D eigenvalue weighted by molar-refractivity contribution is 8.01. The number of hydrogen-bond donors (Lipinski definition) is 0. The molecule has 2 unspecified atom stereocenters. The Balaban J connectivity index is 1.14. The van der Waals surface area contributed by atoms with Gasteiger partial charge in [-0.3, -0.25) is 0 Å². The zero-order chi connectivity index (χ0) is 35.4. The smallest absolute Gasteiger partial charge is 0.227 e. The first-order valence-electron chi connectivity index (χ1n) is 17.7. The third-order valence-corrected chi connectivity index (χ3v) is 19.1. The van der Waals surface area contributed by atoms with Crippen molar-refractivity contribution < 1.29 is 9.47 Å². The largest absolute Gasteiger partial charge is 0.457 e. The van der Waals surface area contributed by atoms with Gasteiger partial charge in [0.25, 0.3) is 0 Å². The van der Waals surface area contributed by atoms with Gasteiger partial charge in [-0.15, -0.1) is 0 Å². The minimum atomic E-state index is -2.85. The number of hydrogen-bond acceptors (Lipinski definition) is 8. The van der Waals surface area contributed by atoms with E-state index in [-0.39, 0.29) is 0 Å². The molecule has 4 aliphatic heterocycles. The van der Waals surface area contributed by atoms with E-state index in [4.69, 9.17) is 14.5 Å². The van der Waals surface area contributed by atoms with Crippen LogP contribution in [0.25, 0.3) is 11.1 Å². The van der Waals surface area contributed by atoms with Gasteiger partial charge in [-0.25, -0.2) is 19.9 Å². The minimum absolute atomic E-state index is 0.545. The van der Waals surface area contributed by atoms with Crippen molar-refractivity contribution in [2.45, 2.75) is 25.1 Å². The molecule has 254 valence electrons. The predicted octanol–water partition coefficient (Wildman–Crippen LogP) is 7.83. The molecule has 0 N–H and O–H groups in total. The highest BCUT2D eigenvalue weighted by atomic mass is 32.2. The molecule has 2 atom stereocenters. The summed E-state index contributed by atoms with van der Waals surface area (Å²) in [7, 11) is -2.85. The topological polar surface area (TPSA) is 70.0 Å². The van der Waals surface area contributed by atoms with Crippen molar-refractivity contribution in [1.82, 2.24) is 19.9 Å². The minimum Gasteiger partial charge on any atom is -0.457 e. The summed E-state index contributed by atoms with van der Waals surface area (Å²) in [5, 5.41) is 6.40. The van der Waals surface area contributed by atoms with Crippen LogP contribution in [0.3, 0.4) is 0 Å². The lowest BCUT2D eigenvalue weighted by atomic mass is 9.63. The van der Waals surface area contributed by atoms with Gasteiger partial charge < -0.3 is 9.47 Å². The van der Waals surface area contributed by atoms with Gasteiger partial charge in [0.05, 0.1) is 11.0 Å². The third-order valence-electron chi connectivity index (χ3n) is 11.3. The zero-order valence-electron chi connectivity index (χ0n) is 28.4. The van der Waals surface area contributed by atoms with Crippen molar-refractivity contribution >= 4 is 52.3 Å². The molecule has 9 heteroatoms. The Morgan fingerprint density at radius 3 is 1.89 bits per heavy atom. The van der Waals surface area contributed by atoms with E-state index in [0.29, 0.717) is 5.88 Å². The number of aromatic nitrogens is 4. The second-order valence-corrected chi connectivity index (χ2v) is 19.6. The zero-order valence-corrected chi connectivity index (χ0v) is 31.1. The average molecular weight is 747 g/mol. The van der Waals surface area contributed by atoms with Crippen LogP contribution in [0.5, 0.6) is 23.1 Å². The van der Waals surface area contributed by atoms with Crippen molar-refractivity contribution in [2.75, 3.05) is 0 Å². The maximum Gasteiger partial charge on any atom is 0.227 e. The first kappa shape index (κ1) is 30.5. The summed E-state index contributed by atoms with van der Waals surface area (Å²) in [6.45, 7) is 0. The molecule has 0 aliphatic carbocycles. The van der Waals surface area contributed by atoms with Crippen LogP contribution in [-0.2, 0) is 5.41 Å². The van der Waals surface area contributed by atoms with Crippen LogP contribution in [0, 0.1) is 0 Å².